The number of carbonyl (C=O) groups is 1. The fourth-order valence-corrected chi connectivity index (χ4v) is 1.92. The molecule has 0 saturated carbocycles. The van der Waals surface area contributed by atoms with E-state index in [2.05, 4.69) is 20.6 Å². The SMILES string of the molecule is CCOC(=O)c1ccccc1Nc1cc(NC(C)C)ncn1. The van der Waals surface area contributed by atoms with Crippen molar-refractivity contribution in [2.75, 3.05) is 17.2 Å². The molecule has 0 aliphatic heterocycles. The normalized spacial score (nSPS) is 10.4. The number of nitrogens with zero attached hydrogens (tertiary/aromatic N) is 2. The molecule has 0 unspecified atom stereocenters. The summed E-state index contributed by atoms with van der Waals surface area (Å²) in [5, 5.41) is 6.34. The van der Waals surface area contributed by atoms with Gasteiger partial charge in [0.15, 0.2) is 0 Å². The van der Waals surface area contributed by atoms with Crippen LogP contribution >= 0.6 is 0 Å². The number of anilines is 3. The smallest absolute Gasteiger partial charge is 0.340 e. The number of hydrogen-bond acceptors (Lipinski definition) is 6. The van der Waals surface area contributed by atoms with Gasteiger partial charge in [-0.3, -0.25) is 0 Å². The molecule has 0 amide bonds. The summed E-state index contributed by atoms with van der Waals surface area (Å²) in [5.41, 5.74) is 1.12. The van der Waals surface area contributed by atoms with Gasteiger partial charge in [0.2, 0.25) is 0 Å². The zero-order valence-corrected chi connectivity index (χ0v) is 13.0. The van der Waals surface area contributed by atoms with E-state index in [-0.39, 0.29) is 12.0 Å². The summed E-state index contributed by atoms with van der Waals surface area (Å²) in [4.78, 5) is 20.3. The van der Waals surface area contributed by atoms with Gasteiger partial charge in [-0.05, 0) is 32.9 Å². The molecule has 1 aromatic heterocycles. The Morgan fingerprint density at radius 2 is 1.95 bits per heavy atom. The lowest BCUT2D eigenvalue weighted by Gasteiger charge is -2.12. The third-order valence-corrected chi connectivity index (χ3v) is 2.79. The van der Waals surface area contributed by atoms with E-state index < -0.39 is 0 Å². The predicted molar refractivity (Wildman–Crippen MR) is 86.5 cm³/mol. The topological polar surface area (TPSA) is 76.1 Å². The van der Waals surface area contributed by atoms with Crippen molar-refractivity contribution in [2.45, 2.75) is 26.8 Å². The van der Waals surface area contributed by atoms with Crippen LogP contribution in [0.4, 0.5) is 17.3 Å². The van der Waals surface area contributed by atoms with Crippen LogP contribution < -0.4 is 10.6 Å². The van der Waals surface area contributed by atoms with Gasteiger partial charge in [-0.15, -0.1) is 0 Å². The first-order valence-corrected chi connectivity index (χ1v) is 7.22. The summed E-state index contributed by atoms with van der Waals surface area (Å²) in [6.45, 7) is 6.18. The van der Waals surface area contributed by atoms with E-state index in [0.29, 0.717) is 23.7 Å². The van der Waals surface area contributed by atoms with Crippen molar-refractivity contribution in [1.82, 2.24) is 9.97 Å². The highest BCUT2D eigenvalue weighted by Crippen LogP contribution is 2.21. The zero-order chi connectivity index (χ0) is 15.9. The van der Waals surface area contributed by atoms with Crippen molar-refractivity contribution < 1.29 is 9.53 Å². The largest absolute Gasteiger partial charge is 0.462 e. The molecule has 2 rings (SSSR count). The quantitative estimate of drug-likeness (QED) is 0.798. The standard InChI is InChI=1S/C16H20N4O2/c1-4-22-16(21)12-7-5-6-8-13(12)20-15-9-14(17-10-18-15)19-11(2)3/h5-11H,4H2,1-3H3,(H2,17,18,19,20). The maximum Gasteiger partial charge on any atom is 0.340 e. The second-order valence-electron chi connectivity index (χ2n) is 4.98. The van der Waals surface area contributed by atoms with Crippen LogP contribution in [0.25, 0.3) is 0 Å². The van der Waals surface area contributed by atoms with Crippen molar-refractivity contribution in [3.8, 4) is 0 Å². The maximum absolute atomic E-state index is 12.0. The molecule has 6 heteroatoms. The van der Waals surface area contributed by atoms with E-state index in [9.17, 15) is 4.79 Å². The lowest BCUT2D eigenvalue weighted by Crippen LogP contribution is -2.12. The first-order valence-electron chi connectivity index (χ1n) is 7.22. The summed E-state index contributed by atoms with van der Waals surface area (Å²) in [6.07, 6.45) is 1.47. The first-order chi connectivity index (χ1) is 10.6. The Hall–Kier alpha value is -2.63. The van der Waals surface area contributed by atoms with E-state index >= 15 is 0 Å². The highest BCUT2D eigenvalue weighted by Gasteiger charge is 2.12. The van der Waals surface area contributed by atoms with E-state index in [4.69, 9.17) is 4.74 Å². The van der Waals surface area contributed by atoms with Crippen LogP contribution in [0, 0.1) is 0 Å². The van der Waals surface area contributed by atoms with Crippen LogP contribution in [-0.4, -0.2) is 28.6 Å². The van der Waals surface area contributed by atoms with Crippen molar-refractivity contribution in [3.05, 3.63) is 42.2 Å². The average molecular weight is 300 g/mol. The molecule has 0 atom stereocenters. The van der Waals surface area contributed by atoms with E-state index in [1.807, 2.05) is 26.0 Å². The van der Waals surface area contributed by atoms with Gasteiger partial charge in [-0.2, -0.15) is 0 Å². The van der Waals surface area contributed by atoms with Crippen LogP contribution in [0.3, 0.4) is 0 Å². The minimum atomic E-state index is -0.361. The molecular weight excluding hydrogens is 280 g/mol. The highest BCUT2D eigenvalue weighted by molar-refractivity contribution is 5.96. The second-order valence-corrected chi connectivity index (χ2v) is 4.98. The van der Waals surface area contributed by atoms with E-state index in [1.165, 1.54) is 6.33 Å². The monoisotopic (exact) mass is 300 g/mol. The second kappa shape index (κ2) is 7.40. The lowest BCUT2D eigenvalue weighted by molar-refractivity contribution is 0.0527. The molecule has 116 valence electrons. The number of nitrogens with one attached hydrogen (secondary N) is 2. The van der Waals surface area contributed by atoms with Crippen LogP contribution in [-0.2, 0) is 4.74 Å². The van der Waals surface area contributed by atoms with E-state index in [1.54, 1.807) is 25.1 Å². The zero-order valence-electron chi connectivity index (χ0n) is 13.0. The Morgan fingerprint density at radius 1 is 1.23 bits per heavy atom. The minimum Gasteiger partial charge on any atom is -0.462 e. The third kappa shape index (κ3) is 4.18. The Morgan fingerprint density at radius 3 is 2.68 bits per heavy atom. The molecular formula is C16H20N4O2. The van der Waals surface area contributed by atoms with Crippen molar-refractivity contribution in [2.24, 2.45) is 0 Å². The van der Waals surface area contributed by atoms with Gasteiger partial charge in [0.05, 0.1) is 17.9 Å². The molecule has 0 aliphatic rings. The fourth-order valence-electron chi connectivity index (χ4n) is 1.92. The molecule has 0 bridgehead atoms. The summed E-state index contributed by atoms with van der Waals surface area (Å²) >= 11 is 0. The molecule has 1 heterocycles. The number of para-hydroxylation sites is 1. The van der Waals surface area contributed by atoms with Crippen LogP contribution in [0.1, 0.15) is 31.1 Å². The summed E-state index contributed by atoms with van der Waals surface area (Å²) < 4.78 is 5.06. The molecule has 0 radical (unpaired) electrons. The first kappa shape index (κ1) is 15.8. The number of aromatic nitrogens is 2. The highest BCUT2D eigenvalue weighted by atomic mass is 16.5. The van der Waals surface area contributed by atoms with Gasteiger partial charge in [-0.25, -0.2) is 14.8 Å². The van der Waals surface area contributed by atoms with Crippen molar-refractivity contribution in [1.29, 1.82) is 0 Å². The molecule has 0 spiro atoms. The molecule has 0 fully saturated rings. The molecule has 22 heavy (non-hydrogen) atoms. The number of ether oxygens (including phenoxy) is 1. The van der Waals surface area contributed by atoms with Crippen LogP contribution in [0.15, 0.2) is 36.7 Å². The van der Waals surface area contributed by atoms with Gasteiger partial charge >= 0.3 is 5.97 Å². The van der Waals surface area contributed by atoms with Gasteiger partial charge in [0, 0.05) is 12.1 Å². The molecule has 1 aromatic carbocycles. The number of esters is 1. The van der Waals surface area contributed by atoms with Crippen LogP contribution in [0.5, 0.6) is 0 Å². The van der Waals surface area contributed by atoms with Gasteiger partial charge in [0.1, 0.15) is 18.0 Å². The molecule has 0 saturated heterocycles. The predicted octanol–water partition coefficient (Wildman–Crippen LogP) is 3.22. The summed E-state index contributed by atoms with van der Waals surface area (Å²) in [6, 6.07) is 9.23. The molecule has 2 aromatic rings. The fraction of sp³-hybridized carbons (Fsp3) is 0.312. The Labute approximate surface area is 129 Å². The minimum absolute atomic E-state index is 0.273. The van der Waals surface area contributed by atoms with Crippen molar-refractivity contribution in [3.63, 3.8) is 0 Å². The molecule has 0 aliphatic carbocycles. The third-order valence-electron chi connectivity index (χ3n) is 2.79. The number of hydrogen-bond donors (Lipinski definition) is 2. The Bertz CT molecular complexity index is 644. The maximum atomic E-state index is 12.0. The van der Waals surface area contributed by atoms with Gasteiger partial charge in [0.25, 0.3) is 0 Å². The van der Waals surface area contributed by atoms with Gasteiger partial charge < -0.3 is 15.4 Å². The number of carbonyl (C=O) groups excluding carboxylic acids is 1. The van der Waals surface area contributed by atoms with Crippen LogP contribution in [0.2, 0.25) is 0 Å². The summed E-state index contributed by atoms with van der Waals surface area (Å²) in [7, 11) is 0. The van der Waals surface area contributed by atoms with Crippen molar-refractivity contribution >= 4 is 23.3 Å². The van der Waals surface area contributed by atoms with Gasteiger partial charge in [-0.1, -0.05) is 12.1 Å². The average Bonchev–Trinajstić information content (AvgIpc) is 2.47. The van der Waals surface area contributed by atoms with E-state index in [0.717, 1.165) is 5.82 Å². The molecule has 6 nitrogen and oxygen atoms in total. The molecule has 2 N–H and O–H groups in total. The number of benzene rings is 1. The summed E-state index contributed by atoms with van der Waals surface area (Å²) in [5.74, 6) is 0.969. The Kier molecular flexibility index (Phi) is 5.30. The number of rotatable bonds is 6. The lowest BCUT2D eigenvalue weighted by atomic mass is 10.2. The Balaban J connectivity index is 2.22.